The van der Waals surface area contributed by atoms with Crippen LogP contribution < -0.4 is 21.7 Å². The number of nitrogens with two attached hydrogens (primary N) is 1. The molecule has 0 aromatic heterocycles. The smallest absolute Gasteiger partial charge is 0.326 e. The van der Waals surface area contributed by atoms with Crippen molar-refractivity contribution in [3.05, 3.63) is 29.8 Å². The summed E-state index contributed by atoms with van der Waals surface area (Å²) in [5, 5.41) is 37.1. The molecule has 0 bridgehead atoms. The molecule has 1 aliphatic heterocycles. The first-order valence-corrected chi connectivity index (χ1v) is 25.2. The van der Waals surface area contributed by atoms with Crippen molar-refractivity contribution >= 4 is 41.5 Å². The van der Waals surface area contributed by atoms with Gasteiger partial charge in [-0.05, 0) is 94.0 Å². The number of rotatable bonds is 33. The highest BCUT2D eigenvalue weighted by Crippen LogP contribution is 2.30. The van der Waals surface area contributed by atoms with Gasteiger partial charge in [0.15, 0.2) is 0 Å². The first kappa shape index (κ1) is 61.3. The highest BCUT2D eigenvalue weighted by atomic mass is 16.5. The number of carboxylic acid groups (broad SMARTS) is 2. The van der Waals surface area contributed by atoms with E-state index >= 15 is 0 Å². The van der Waals surface area contributed by atoms with Crippen molar-refractivity contribution in [3.63, 3.8) is 0 Å². The van der Waals surface area contributed by atoms with Gasteiger partial charge < -0.3 is 56.3 Å². The Morgan fingerprint density at radius 1 is 0.843 bits per heavy atom. The largest absolute Gasteiger partial charge is 0.508 e. The Labute approximate surface area is 416 Å². The standard InChI is InChI=1S/C51H87N7O12/c1-12-33(6)45(40(69-10)30-42(61)58-28-18-20-39(58)46(70-11)34(7)47(62)54-38(51(67)68)29-35-22-24-36(59)25-23-35)57(9)49(64)43(31(2)3)55-48(63)44(32(4)5)56(8)27-17-13-14-21-41(60)53-26-16-15-19-37(52)50(65)66/h22-25,31-34,37-40,43-46,59H,12-21,26-30,52H2,1-11H3,(H,53,60)(H,54,62)(H,55,63)(H,65,66)(H,67,68)/t33-,34+,37-,38-,39-,40+,43-,44-,45?,46+/m0/s1. The van der Waals surface area contributed by atoms with Gasteiger partial charge in [0.25, 0.3) is 0 Å². The van der Waals surface area contributed by atoms with E-state index in [0.29, 0.717) is 76.6 Å². The van der Waals surface area contributed by atoms with Crippen LogP contribution >= 0.6 is 0 Å². The van der Waals surface area contributed by atoms with Crippen LogP contribution in [0.25, 0.3) is 0 Å². The van der Waals surface area contributed by atoms with E-state index in [0.717, 1.165) is 12.8 Å². The zero-order chi connectivity index (χ0) is 52.8. The Hall–Kier alpha value is -4.85. The van der Waals surface area contributed by atoms with Crippen molar-refractivity contribution in [2.75, 3.05) is 47.9 Å². The lowest BCUT2D eigenvalue weighted by Gasteiger charge is -2.41. The number of carboxylic acids is 2. The van der Waals surface area contributed by atoms with Gasteiger partial charge in [-0.1, -0.05) is 73.4 Å². The predicted molar refractivity (Wildman–Crippen MR) is 266 cm³/mol. The van der Waals surface area contributed by atoms with Crippen molar-refractivity contribution in [1.82, 2.24) is 30.7 Å². The number of likely N-dealkylation sites (tertiary alicyclic amines) is 1. The van der Waals surface area contributed by atoms with E-state index in [9.17, 15) is 43.8 Å². The Morgan fingerprint density at radius 3 is 2.06 bits per heavy atom. The van der Waals surface area contributed by atoms with E-state index in [1.54, 1.807) is 35.9 Å². The average molecular weight is 990 g/mol. The van der Waals surface area contributed by atoms with E-state index in [1.807, 2.05) is 53.5 Å². The number of phenols is 1. The number of amides is 5. The summed E-state index contributed by atoms with van der Waals surface area (Å²) >= 11 is 0. The first-order chi connectivity index (χ1) is 33.0. The number of aliphatic carboxylic acids is 2. The van der Waals surface area contributed by atoms with Crippen LogP contribution in [0, 0.1) is 23.7 Å². The molecule has 8 N–H and O–H groups in total. The maximum atomic E-state index is 14.6. The SMILES string of the molecule is CC[C@H](C)C([C@@H](CC(=O)N1CCC[C@H]1[C@H](OC)[C@@H](C)C(=O)N[C@@H](Cc1ccc(O)cc1)C(=O)O)OC)N(C)C(=O)[C@@H](NC(=O)[C@H](C(C)C)N(C)CCCCCC(=O)NCCCC[C@H](N)C(=O)O)C(C)C. The number of carbonyl (C=O) groups is 7. The second-order valence-electron chi connectivity index (χ2n) is 19.9. The van der Waals surface area contributed by atoms with E-state index in [-0.39, 0.29) is 60.0 Å². The molecular formula is C51H87N7O12. The van der Waals surface area contributed by atoms with Crippen molar-refractivity contribution in [1.29, 1.82) is 0 Å². The molecule has 0 aliphatic carbocycles. The summed E-state index contributed by atoms with van der Waals surface area (Å²) in [6.07, 6.45) is 4.52. The van der Waals surface area contributed by atoms with E-state index in [1.165, 1.54) is 26.4 Å². The number of aromatic hydroxyl groups is 1. The summed E-state index contributed by atoms with van der Waals surface area (Å²) in [6.45, 7) is 14.8. The van der Waals surface area contributed by atoms with Crippen LogP contribution in [0.2, 0.25) is 0 Å². The molecule has 0 saturated carbocycles. The van der Waals surface area contributed by atoms with Gasteiger partial charge in [0.1, 0.15) is 23.9 Å². The molecule has 1 saturated heterocycles. The van der Waals surface area contributed by atoms with Crippen molar-refractivity contribution in [2.45, 2.75) is 174 Å². The van der Waals surface area contributed by atoms with Gasteiger partial charge in [-0.15, -0.1) is 0 Å². The minimum atomic E-state index is -1.24. The Bertz CT molecular complexity index is 1820. The second kappa shape index (κ2) is 30.8. The molecule has 19 heteroatoms. The minimum absolute atomic E-state index is 0.00110. The third-order valence-corrected chi connectivity index (χ3v) is 13.9. The molecule has 2 rings (SSSR count). The first-order valence-electron chi connectivity index (χ1n) is 25.2. The third-order valence-electron chi connectivity index (χ3n) is 13.9. The monoisotopic (exact) mass is 990 g/mol. The molecule has 19 nitrogen and oxygen atoms in total. The predicted octanol–water partition coefficient (Wildman–Crippen LogP) is 3.78. The molecule has 398 valence electrons. The number of carbonyl (C=O) groups excluding carboxylic acids is 5. The average Bonchev–Trinajstić information content (AvgIpc) is 3.79. The number of unbranched alkanes of at least 4 members (excludes halogenated alkanes) is 3. The van der Waals surface area contributed by atoms with E-state index in [2.05, 4.69) is 16.0 Å². The van der Waals surface area contributed by atoms with Gasteiger partial charge in [-0.3, -0.25) is 33.7 Å². The van der Waals surface area contributed by atoms with Gasteiger partial charge in [0, 0.05) is 47.2 Å². The maximum absolute atomic E-state index is 14.6. The minimum Gasteiger partial charge on any atom is -0.508 e. The van der Waals surface area contributed by atoms with Crippen LogP contribution in [-0.2, 0) is 49.5 Å². The number of hydrogen-bond acceptors (Lipinski definition) is 12. The van der Waals surface area contributed by atoms with Gasteiger partial charge in [-0.25, -0.2) is 4.79 Å². The zero-order valence-electron chi connectivity index (χ0n) is 43.8. The number of nitrogens with zero attached hydrogens (tertiary/aromatic N) is 3. The van der Waals surface area contributed by atoms with Crippen LogP contribution in [-0.4, -0.2) is 168 Å². The Morgan fingerprint density at radius 2 is 1.50 bits per heavy atom. The summed E-state index contributed by atoms with van der Waals surface area (Å²) in [5.74, 6) is -4.92. The highest BCUT2D eigenvalue weighted by Gasteiger charge is 2.43. The molecule has 5 amide bonds. The van der Waals surface area contributed by atoms with Crippen LogP contribution in [0.5, 0.6) is 5.75 Å². The van der Waals surface area contributed by atoms with E-state index < -0.39 is 72.2 Å². The molecule has 1 aliphatic rings. The summed E-state index contributed by atoms with van der Waals surface area (Å²) in [6, 6.07) is 1.50. The Balaban J connectivity index is 2.12. The molecule has 1 heterocycles. The van der Waals surface area contributed by atoms with E-state index in [4.69, 9.17) is 20.3 Å². The van der Waals surface area contributed by atoms with Crippen molar-refractivity contribution < 1.29 is 58.4 Å². The fourth-order valence-electron chi connectivity index (χ4n) is 9.55. The summed E-state index contributed by atoms with van der Waals surface area (Å²) in [4.78, 5) is 97.4. The quantitative estimate of drug-likeness (QED) is 0.0495. The number of benzene rings is 1. The second-order valence-corrected chi connectivity index (χ2v) is 19.9. The fraction of sp³-hybridized carbons (Fsp3) is 0.745. The number of ether oxygens (including phenoxy) is 2. The Kier molecular flexibility index (Phi) is 27.0. The molecule has 70 heavy (non-hydrogen) atoms. The topological polar surface area (TPSA) is 270 Å². The molecule has 1 aromatic rings. The molecule has 1 aromatic carbocycles. The summed E-state index contributed by atoms with van der Waals surface area (Å²) in [5.41, 5.74) is 6.15. The third kappa shape index (κ3) is 19.1. The van der Waals surface area contributed by atoms with Gasteiger partial charge >= 0.3 is 11.9 Å². The molecule has 0 radical (unpaired) electrons. The lowest BCUT2D eigenvalue weighted by atomic mass is 9.89. The van der Waals surface area contributed by atoms with Gasteiger partial charge in [0.2, 0.25) is 29.5 Å². The summed E-state index contributed by atoms with van der Waals surface area (Å²) < 4.78 is 11.9. The maximum Gasteiger partial charge on any atom is 0.326 e. The number of phenolic OH excluding ortho intramolecular Hbond substituents is 1. The van der Waals surface area contributed by atoms with Crippen LogP contribution in [0.3, 0.4) is 0 Å². The lowest BCUT2D eigenvalue weighted by Crippen LogP contribution is -2.60. The number of methoxy groups -OCH3 is 2. The molecule has 1 unspecified atom stereocenters. The fourth-order valence-corrected chi connectivity index (χ4v) is 9.55. The lowest BCUT2D eigenvalue weighted by molar-refractivity contribution is -0.148. The molecule has 0 spiro atoms. The van der Waals surface area contributed by atoms with Crippen molar-refractivity contribution in [2.24, 2.45) is 29.4 Å². The molecular weight excluding hydrogens is 903 g/mol. The number of nitrogens with one attached hydrogen (secondary N) is 3. The summed E-state index contributed by atoms with van der Waals surface area (Å²) in [7, 11) is 6.55. The molecule has 10 atom stereocenters. The van der Waals surface area contributed by atoms with Crippen molar-refractivity contribution in [3.8, 4) is 5.75 Å². The number of likely N-dealkylation sites (N-methyl/N-ethyl adjacent to an activating group) is 2. The number of hydrogen-bond donors (Lipinski definition) is 7. The van der Waals surface area contributed by atoms with Crippen LogP contribution in [0.1, 0.15) is 125 Å². The zero-order valence-corrected chi connectivity index (χ0v) is 43.8. The van der Waals surface area contributed by atoms with Crippen LogP contribution in [0.4, 0.5) is 0 Å². The highest BCUT2D eigenvalue weighted by molar-refractivity contribution is 5.90. The molecule has 1 fully saturated rings. The van der Waals surface area contributed by atoms with Gasteiger partial charge in [0.05, 0.1) is 42.7 Å². The van der Waals surface area contributed by atoms with Crippen LogP contribution in [0.15, 0.2) is 24.3 Å². The normalized spacial score (nSPS) is 17.8. The van der Waals surface area contributed by atoms with Gasteiger partial charge in [-0.2, -0.15) is 0 Å².